The Bertz CT molecular complexity index is 480. The maximum absolute atomic E-state index is 11.5. The van der Waals surface area contributed by atoms with Crippen LogP contribution in [0.2, 0.25) is 0 Å². The average Bonchev–Trinajstić information content (AvgIpc) is 3.22. The van der Waals surface area contributed by atoms with Crippen molar-refractivity contribution in [3.05, 3.63) is 0 Å². The van der Waals surface area contributed by atoms with Crippen LogP contribution in [0.25, 0.3) is 0 Å². The fourth-order valence-corrected chi connectivity index (χ4v) is 4.39. The van der Waals surface area contributed by atoms with Gasteiger partial charge in [-0.05, 0) is 38.0 Å². The van der Waals surface area contributed by atoms with Gasteiger partial charge in [0.15, 0.2) is 15.8 Å². The van der Waals surface area contributed by atoms with E-state index < -0.39 is 9.84 Å². The Hall–Kier alpha value is -0.0900. The summed E-state index contributed by atoms with van der Waals surface area (Å²) in [5.74, 6) is 2.38. The van der Waals surface area contributed by atoms with Crippen LogP contribution in [0.5, 0.6) is 0 Å². The molecule has 0 aromatic heterocycles. The van der Waals surface area contributed by atoms with Gasteiger partial charge < -0.3 is 15.0 Å². The maximum atomic E-state index is 11.5. The smallest absolute Gasteiger partial charge is 0.193 e. The van der Waals surface area contributed by atoms with E-state index >= 15 is 0 Å². The first kappa shape index (κ1) is 21.0. The summed E-state index contributed by atoms with van der Waals surface area (Å²) >= 11 is 0. The van der Waals surface area contributed by atoms with Gasteiger partial charge in [-0.25, -0.2) is 8.42 Å². The Balaban J connectivity index is 0.00000264. The molecule has 1 unspecified atom stereocenters. The molecule has 2 fully saturated rings. The summed E-state index contributed by atoms with van der Waals surface area (Å²) in [6.07, 6.45) is 3.36. The summed E-state index contributed by atoms with van der Waals surface area (Å²) in [4.78, 5) is 6.65. The van der Waals surface area contributed by atoms with Gasteiger partial charge in [-0.1, -0.05) is 0 Å². The van der Waals surface area contributed by atoms with Gasteiger partial charge in [-0.15, -0.1) is 24.0 Å². The molecule has 1 saturated carbocycles. The third kappa shape index (κ3) is 8.02. The van der Waals surface area contributed by atoms with E-state index in [9.17, 15) is 8.42 Å². The third-order valence-electron chi connectivity index (χ3n) is 4.14. The van der Waals surface area contributed by atoms with E-state index in [2.05, 4.69) is 15.2 Å². The molecule has 23 heavy (non-hydrogen) atoms. The van der Waals surface area contributed by atoms with Crippen molar-refractivity contribution in [2.75, 3.05) is 51.4 Å². The molecule has 1 aliphatic carbocycles. The lowest BCUT2D eigenvalue weighted by Crippen LogP contribution is -2.41. The van der Waals surface area contributed by atoms with Crippen molar-refractivity contribution >= 4 is 39.8 Å². The Kier molecular flexibility index (Phi) is 9.13. The lowest BCUT2D eigenvalue weighted by atomic mass is 10.1. The van der Waals surface area contributed by atoms with Crippen molar-refractivity contribution in [3.8, 4) is 0 Å². The van der Waals surface area contributed by atoms with Crippen LogP contribution in [0.15, 0.2) is 4.99 Å². The summed E-state index contributed by atoms with van der Waals surface area (Å²) in [5, 5.41) is 3.26. The molecule has 0 amide bonds. The van der Waals surface area contributed by atoms with E-state index in [1.165, 1.54) is 12.8 Å². The number of aliphatic imine (C=N–C) groups is 1. The number of likely N-dealkylation sites (N-methyl/N-ethyl adjacent to an activating group) is 1. The molecule has 1 aliphatic heterocycles. The second kappa shape index (κ2) is 10.0. The van der Waals surface area contributed by atoms with Crippen molar-refractivity contribution in [1.82, 2.24) is 10.2 Å². The number of hydrogen-bond donors (Lipinski definition) is 1. The molecule has 2 rings (SSSR count). The highest BCUT2D eigenvalue weighted by atomic mass is 127. The molecule has 6 nitrogen and oxygen atoms in total. The van der Waals surface area contributed by atoms with Gasteiger partial charge in [-0.3, -0.25) is 4.99 Å². The number of guanidine groups is 1. The van der Waals surface area contributed by atoms with Crippen molar-refractivity contribution in [2.45, 2.75) is 26.2 Å². The Morgan fingerprint density at radius 3 is 2.61 bits per heavy atom. The summed E-state index contributed by atoms with van der Waals surface area (Å²) < 4.78 is 28.6. The first-order chi connectivity index (χ1) is 10.5. The van der Waals surface area contributed by atoms with Crippen LogP contribution < -0.4 is 5.32 Å². The fourth-order valence-electron chi connectivity index (χ4n) is 2.54. The zero-order valence-corrected chi connectivity index (χ0v) is 17.3. The quantitative estimate of drug-likeness (QED) is 0.257. The predicted molar refractivity (Wildman–Crippen MR) is 104 cm³/mol. The van der Waals surface area contributed by atoms with Crippen LogP contribution in [-0.4, -0.2) is 70.7 Å². The second-order valence-corrected chi connectivity index (χ2v) is 8.63. The summed E-state index contributed by atoms with van der Waals surface area (Å²) in [6.45, 7) is 5.79. The predicted octanol–water partition coefficient (Wildman–Crippen LogP) is 1.36. The molecule has 1 saturated heterocycles. The number of hydrogen-bond acceptors (Lipinski definition) is 4. The first-order valence-electron chi connectivity index (χ1n) is 8.28. The minimum atomic E-state index is -2.82. The monoisotopic (exact) mass is 459 g/mol. The van der Waals surface area contributed by atoms with E-state index in [1.807, 2.05) is 14.0 Å². The topological polar surface area (TPSA) is 71.0 Å². The van der Waals surface area contributed by atoms with Crippen molar-refractivity contribution in [1.29, 1.82) is 0 Å². The van der Waals surface area contributed by atoms with Crippen LogP contribution in [-0.2, 0) is 14.6 Å². The number of sulfone groups is 1. The first-order valence-corrected chi connectivity index (χ1v) is 10.1. The Labute approximate surface area is 157 Å². The molecule has 0 bridgehead atoms. The highest BCUT2D eigenvalue weighted by Gasteiger charge is 2.27. The van der Waals surface area contributed by atoms with Crippen LogP contribution in [0.3, 0.4) is 0 Å². The van der Waals surface area contributed by atoms with E-state index in [4.69, 9.17) is 4.74 Å². The van der Waals surface area contributed by atoms with E-state index in [1.54, 1.807) is 0 Å². The minimum absolute atomic E-state index is 0. The average molecular weight is 459 g/mol. The van der Waals surface area contributed by atoms with Crippen molar-refractivity contribution in [3.63, 3.8) is 0 Å². The molecular formula is C15H30IN3O3S. The summed E-state index contributed by atoms with van der Waals surface area (Å²) in [7, 11) is -0.826. The summed E-state index contributed by atoms with van der Waals surface area (Å²) in [5.41, 5.74) is 0. The van der Waals surface area contributed by atoms with E-state index in [-0.39, 0.29) is 35.6 Å². The van der Waals surface area contributed by atoms with Crippen molar-refractivity contribution in [2.24, 2.45) is 16.8 Å². The van der Waals surface area contributed by atoms with Gasteiger partial charge in [0.25, 0.3) is 0 Å². The Morgan fingerprint density at radius 1 is 1.30 bits per heavy atom. The molecule has 0 radical (unpaired) electrons. The van der Waals surface area contributed by atoms with Gasteiger partial charge >= 0.3 is 0 Å². The molecule has 0 aromatic rings. The molecule has 0 aromatic carbocycles. The zero-order valence-electron chi connectivity index (χ0n) is 14.2. The number of halogens is 1. The van der Waals surface area contributed by atoms with Crippen molar-refractivity contribution < 1.29 is 13.2 Å². The number of ether oxygens (including phenoxy) is 1. The maximum Gasteiger partial charge on any atom is 0.193 e. The van der Waals surface area contributed by atoms with Crippen LogP contribution in [0.1, 0.15) is 26.2 Å². The van der Waals surface area contributed by atoms with Gasteiger partial charge in [0.1, 0.15) is 0 Å². The molecule has 1 N–H and O–H groups in total. The normalized spacial score (nSPS) is 23.4. The molecule has 2 aliphatic rings. The molecule has 1 heterocycles. The second-order valence-electron chi connectivity index (χ2n) is 6.40. The number of nitrogens with one attached hydrogen (secondary N) is 1. The number of nitrogens with zero attached hydrogens (tertiary/aromatic N) is 2. The van der Waals surface area contributed by atoms with E-state index in [0.717, 1.165) is 38.0 Å². The minimum Gasteiger partial charge on any atom is -0.379 e. The van der Waals surface area contributed by atoms with Gasteiger partial charge in [0, 0.05) is 33.3 Å². The summed E-state index contributed by atoms with van der Waals surface area (Å²) in [6, 6.07) is 0. The largest absolute Gasteiger partial charge is 0.379 e. The third-order valence-corrected chi connectivity index (χ3v) is 5.98. The van der Waals surface area contributed by atoms with E-state index in [0.29, 0.717) is 18.9 Å². The lowest BCUT2D eigenvalue weighted by Gasteiger charge is -2.22. The lowest BCUT2D eigenvalue weighted by molar-refractivity contribution is 0.115. The highest BCUT2D eigenvalue weighted by molar-refractivity contribution is 14.0. The van der Waals surface area contributed by atoms with Crippen LogP contribution >= 0.6 is 24.0 Å². The molecule has 8 heteroatoms. The van der Waals surface area contributed by atoms with Gasteiger partial charge in [0.2, 0.25) is 0 Å². The SMILES string of the molecule is CCNC(=NCC1CCS(=O)(=O)C1)N(C)CCOCC1CC1.I. The molecule has 0 spiro atoms. The Morgan fingerprint density at radius 2 is 2.04 bits per heavy atom. The molecular weight excluding hydrogens is 429 g/mol. The molecule has 136 valence electrons. The molecule has 1 atom stereocenters. The fraction of sp³-hybridized carbons (Fsp3) is 0.933. The van der Waals surface area contributed by atoms with Crippen LogP contribution in [0.4, 0.5) is 0 Å². The zero-order chi connectivity index (χ0) is 16.0. The number of rotatable bonds is 8. The van der Waals surface area contributed by atoms with Gasteiger partial charge in [0.05, 0.1) is 18.1 Å². The standard InChI is InChI=1S/C15H29N3O3S.HI/c1-3-16-15(17-10-14-6-9-22(19,20)12-14)18(2)7-8-21-11-13-4-5-13;/h13-14H,3-12H2,1-2H3,(H,16,17);1H. The highest BCUT2D eigenvalue weighted by Crippen LogP contribution is 2.28. The van der Waals surface area contributed by atoms with Gasteiger partial charge in [-0.2, -0.15) is 0 Å². The van der Waals surface area contributed by atoms with Crippen LogP contribution in [0, 0.1) is 11.8 Å².